The van der Waals surface area contributed by atoms with Crippen LogP contribution in [0, 0.1) is 3.57 Å². The summed E-state index contributed by atoms with van der Waals surface area (Å²) in [6.45, 7) is 0.681. The van der Waals surface area contributed by atoms with Crippen LogP contribution in [0.2, 0.25) is 0 Å². The van der Waals surface area contributed by atoms with Gasteiger partial charge in [0.25, 0.3) is 0 Å². The third kappa shape index (κ3) is 3.11. The third-order valence-electron chi connectivity index (χ3n) is 1.66. The van der Waals surface area contributed by atoms with Gasteiger partial charge in [-0.2, -0.15) is 4.98 Å². The van der Waals surface area contributed by atoms with Crippen LogP contribution in [-0.2, 0) is 6.42 Å². The molecule has 2 aromatic rings. The fourth-order valence-corrected chi connectivity index (χ4v) is 1.27. The third-order valence-corrected chi connectivity index (χ3v) is 2.22. The van der Waals surface area contributed by atoms with Crippen molar-refractivity contribution in [2.75, 3.05) is 11.9 Å². The molecule has 0 aliphatic heterocycles. The van der Waals surface area contributed by atoms with Crippen LogP contribution in [0.4, 0.5) is 5.95 Å². The van der Waals surface area contributed by atoms with Crippen molar-refractivity contribution >= 4 is 28.5 Å². The monoisotopic (exact) mass is 317 g/mol. The van der Waals surface area contributed by atoms with E-state index in [2.05, 4.69) is 52.5 Å². The van der Waals surface area contributed by atoms with Crippen molar-refractivity contribution in [3.8, 4) is 0 Å². The molecule has 2 heterocycles. The summed E-state index contributed by atoms with van der Waals surface area (Å²) >= 11 is 2.16. The Hall–Kier alpha value is -1.25. The van der Waals surface area contributed by atoms with E-state index in [0.29, 0.717) is 24.7 Å². The van der Waals surface area contributed by atoms with Crippen molar-refractivity contribution in [2.24, 2.45) is 0 Å². The number of nitrogens with one attached hydrogen (secondary N) is 1. The molecule has 0 amide bonds. The van der Waals surface area contributed by atoms with Gasteiger partial charge in [0.2, 0.25) is 12.3 Å². The minimum absolute atomic E-state index is 0.610. The van der Waals surface area contributed by atoms with Crippen LogP contribution >= 0.6 is 22.6 Å². The number of hydrogen-bond acceptors (Lipinski definition) is 6. The Morgan fingerprint density at radius 3 is 2.73 bits per heavy atom. The molecule has 0 atom stereocenters. The average molecular weight is 317 g/mol. The summed E-state index contributed by atoms with van der Waals surface area (Å²) in [5.74, 6) is 1.28. The highest BCUT2D eigenvalue weighted by Gasteiger charge is 1.99. The maximum absolute atomic E-state index is 4.61. The van der Waals surface area contributed by atoms with Crippen molar-refractivity contribution < 1.29 is 4.52 Å². The molecule has 0 saturated heterocycles. The first-order chi connectivity index (χ1) is 7.34. The van der Waals surface area contributed by atoms with E-state index < -0.39 is 0 Å². The molecular formula is C8H8IN5O. The largest absolute Gasteiger partial charge is 0.354 e. The Bertz CT molecular complexity index is 401. The summed E-state index contributed by atoms with van der Waals surface area (Å²) in [4.78, 5) is 12.1. The molecule has 0 radical (unpaired) electrons. The van der Waals surface area contributed by atoms with E-state index in [0.717, 1.165) is 3.57 Å². The van der Waals surface area contributed by atoms with Gasteiger partial charge in [0, 0.05) is 28.9 Å². The Morgan fingerprint density at radius 2 is 2.07 bits per heavy atom. The first-order valence-electron chi connectivity index (χ1n) is 4.31. The first-order valence-corrected chi connectivity index (χ1v) is 5.39. The summed E-state index contributed by atoms with van der Waals surface area (Å²) in [5.41, 5.74) is 0. The molecule has 0 fully saturated rings. The fraction of sp³-hybridized carbons (Fsp3) is 0.250. The molecule has 78 valence electrons. The summed E-state index contributed by atoms with van der Waals surface area (Å²) in [7, 11) is 0. The van der Waals surface area contributed by atoms with E-state index >= 15 is 0 Å². The lowest BCUT2D eigenvalue weighted by molar-refractivity contribution is 0.410. The minimum atomic E-state index is 0.610. The molecule has 0 bridgehead atoms. The van der Waals surface area contributed by atoms with Gasteiger partial charge in [-0.05, 0) is 22.6 Å². The summed E-state index contributed by atoms with van der Waals surface area (Å²) in [5, 5.41) is 6.76. The Morgan fingerprint density at radius 1 is 1.27 bits per heavy atom. The standard InChI is InChI=1S/C8H8IN5O/c9-6-3-11-8(12-4-6)10-2-1-7-13-5-15-14-7/h3-5H,1-2H2,(H,10,11,12). The number of nitrogens with zero attached hydrogens (tertiary/aromatic N) is 4. The maximum Gasteiger partial charge on any atom is 0.222 e. The van der Waals surface area contributed by atoms with Gasteiger partial charge in [-0.25, -0.2) is 9.97 Å². The lowest BCUT2D eigenvalue weighted by atomic mass is 10.4. The zero-order chi connectivity index (χ0) is 10.5. The zero-order valence-electron chi connectivity index (χ0n) is 7.72. The van der Waals surface area contributed by atoms with E-state index in [1.807, 2.05) is 0 Å². The van der Waals surface area contributed by atoms with Crippen LogP contribution in [0.25, 0.3) is 0 Å². The second-order valence-electron chi connectivity index (χ2n) is 2.75. The molecule has 0 spiro atoms. The second kappa shape index (κ2) is 5.01. The van der Waals surface area contributed by atoms with E-state index in [-0.39, 0.29) is 0 Å². The number of halogens is 1. The van der Waals surface area contributed by atoms with Crippen LogP contribution in [0.3, 0.4) is 0 Å². The van der Waals surface area contributed by atoms with E-state index in [9.17, 15) is 0 Å². The molecule has 0 aromatic carbocycles. The number of anilines is 1. The smallest absolute Gasteiger partial charge is 0.222 e. The molecule has 0 aliphatic rings. The molecule has 0 unspecified atom stereocenters. The average Bonchev–Trinajstić information content (AvgIpc) is 2.74. The van der Waals surface area contributed by atoms with Crippen LogP contribution in [0.15, 0.2) is 23.3 Å². The Labute approximate surface area is 99.7 Å². The molecule has 0 aliphatic carbocycles. The van der Waals surface area contributed by atoms with Gasteiger partial charge in [0.1, 0.15) is 0 Å². The zero-order valence-corrected chi connectivity index (χ0v) is 9.88. The van der Waals surface area contributed by atoms with Crippen LogP contribution in [0.5, 0.6) is 0 Å². The Kier molecular flexibility index (Phi) is 3.43. The highest BCUT2D eigenvalue weighted by atomic mass is 127. The van der Waals surface area contributed by atoms with Crippen molar-refractivity contribution in [3.63, 3.8) is 0 Å². The molecular weight excluding hydrogens is 309 g/mol. The van der Waals surface area contributed by atoms with Gasteiger partial charge in [-0.1, -0.05) is 5.16 Å². The lowest BCUT2D eigenvalue weighted by Gasteiger charge is -2.01. The van der Waals surface area contributed by atoms with Gasteiger partial charge < -0.3 is 9.84 Å². The van der Waals surface area contributed by atoms with Crippen LogP contribution < -0.4 is 5.32 Å². The molecule has 6 nitrogen and oxygen atoms in total. The fourth-order valence-electron chi connectivity index (χ4n) is 0.992. The van der Waals surface area contributed by atoms with Crippen molar-refractivity contribution in [3.05, 3.63) is 28.2 Å². The maximum atomic E-state index is 4.61. The number of aromatic nitrogens is 4. The van der Waals surface area contributed by atoms with Gasteiger partial charge in [-0.3, -0.25) is 0 Å². The summed E-state index contributed by atoms with van der Waals surface area (Å²) in [6, 6.07) is 0. The van der Waals surface area contributed by atoms with Crippen LogP contribution in [-0.4, -0.2) is 26.7 Å². The summed E-state index contributed by atoms with van der Waals surface area (Å²) in [6.07, 6.45) is 5.51. The Balaban J connectivity index is 1.81. The highest BCUT2D eigenvalue weighted by Crippen LogP contribution is 2.02. The first kappa shape index (κ1) is 10.3. The second-order valence-corrected chi connectivity index (χ2v) is 3.99. The minimum Gasteiger partial charge on any atom is -0.354 e. The van der Waals surface area contributed by atoms with Gasteiger partial charge in [0.15, 0.2) is 5.82 Å². The van der Waals surface area contributed by atoms with E-state index in [1.54, 1.807) is 12.4 Å². The van der Waals surface area contributed by atoms with Gasteiger partial charge >= 0.3 is 0 Å². The topological polar surface area (TPSA) is 76.7 Å². The normalized spacial score (nSPS) is 10.2. The number of hydrogen-bond donors (Lipinski definition) is 1. The molecule has 0 saturated carbocycles. The molecule has 2 aromatic heterocycles. The van der Waals surface area contributed by atoms with E-state index in [1.165, 1.54) is 6.39 Å². The molecule has 7 heteroatoms. The predicted octanol–water partition coefficient (Wildman–Crippen LogP) is 1.12. The lowest BCUT2D eigenvalue weighted by Crippen LogP contribution is -2.08. The molecule has 15 heavy (non-hydrogen) atoms. The van der Waals surface area contributed by atoms with Crippen molar-refractivity contribution in [1.29, 1.82) is 0 Å². The van der Waals surface area contributed by atoms with Crippen LogP contribution in [0.1, 0.15) is 5.82 Å². The quantitative estimate of drug-likeness (QED) is 0.852. The van der Waals surface area contributed by atoms with Gasteiger partial charge in [0.05, 0.1) is 0 Å². The molecule has 1 N–H and O–H groups in total. The molecule has 2 rings (SSSR count). The predicted molar refractivity (Wildman–Crippen MR) is 61.2 cm³/mol. The summed E-state index contributed by atoms with van der Waals surface area (Å²) < 4.78 is 5.62. The van der Waals surface area contributed by atoms with E-state index in [4.69, 9.17) is 0 Å². The highest BCUT2D eigenvalue weighted by molar-refractivity contribution is 14.1. The SMILES string of the molecule is Ic1cnc(NCCc2ncon2)nc1. The van der Waals surface area contributed by atoms with Crippen molar-refractivity contribution in [1.82, 2.24) is 20.1 Å². The van der Waals surface area contributed by atoms with Crippen molar-refractivity contribution in [2.45, 2.75) is 6.42 Å². The number of rotatable bonds is 4. The van der Waals surface area contributed by atoms with Gasteiger partial charge in [-0.15, -0.1) is 0 Å².